The van der Waals surface area contributed by atoms with Gasteiger partial charge in [-0.15, -0.1) is 0 Å². The molecule has 1 aliphatic rings. The molecule has 1 aromatic heterocycles. The molecule has 0 unspecified atom stereocenters. The van der Waals surface area contributed by atoms with Gasteiger partial charge in [0.05, 0.1) is 11.1 Å². The Kier molecular flexibility index (Phi) is 3.31. The van der Waals surface area contributed by atoms with E-state index in [1.165, 1.54) is 11.1 Å². The molecule has 0 atom stereocenters. The Bertz CT molecular complexity index is 911. The lowest BCUT2D eigenvalue weighted by Crippen LogP contribution is -2.25. The summed E-state index contributed by atoms with van der Waals surface area (Å²) in [6.45, 7) is 3.19. The van der Waals surface area contributed by atoms with Crippen molar-refractivity contribution in [3.63, 3.8) is 0 Å². The number of aromatic nitrogens is 1. The number of carbonyl (C=O) groups is 1. The highest BCUT2D eigenvalue weighted by molar-refractivity contribution is 6.32. The lowest BCUT2D eigenvalue weighted by atomic mass is 10.1. The lowest BCUT2D eigenvalue weighted by Gasteiger charge is -2.17. The number of rotatable bonds is 1. The molecule has 2 heterocycles. The molecule has 3 nitrogen and oxygen atoms in total. The molecule has 0 bridgehead atoms. The van der Waals surface area contributed by atoms with Gasteiger partial charge in [0.15, 0.2) is 0 Å². The van der Waals surface area contributed by atoms with Crippen molar-refractivity contribution in [2.75, 3.05) is 0 Å². The molecule has 1 amide bonds. The van der Waals surface area contributed by atoms with Gasteiger partial charge in [-0.25, -0.2) is 0 Å². The van der Waals surface area contributed by atoms with Crippen molar-refractivity contribution < 1.29 is 4.79 Å². The Morgan fingerprint density at radius 1 is 1.09 bits per heavy atom. The first-order valence-corrected chi connectivity index (χ1v) is 7.92. The summed E-state index contributed by atoms with van der Waals surface area (Å²) in [6, 6.07) is 15.6. The third kappa shape index (κ3) is 2.47. The van der Waals surface area contributed by atoms with Gasteiger partial charge < -0.3 is 4.90 Å². The zero-order chi connectivity index (χ0) is 16.0. The molecule has 114 valence electrons. The van der Waals surface area contributed by atoms with E-state index in [-0.39, 0.29) is 5.91 Å². The van der Waals surface area contributed by atoms with Crippen molar-refractivity contribution in [2.45, 2.75) is 20.0 Å². The highest BCUT2D eigenvalue weighted by Crippen LogP contribution is 2.28. The Morgan fingerprint density at radius 2 is 1.78 bits per heavy atom. The number of pyridine rings is 1. The molecular weight excluding hydrogens is 308 g/mol. The normalized spacial score (nSPS) is 13.4. The summed E-state index contributed by atoms with van der Waals surface area (Å²) in [5.41, 5.74) is 4.59. The smallest absolute Gasteiger partial charge is 0.256 e. The van der Waals surface area contributed by atoms with Gasteiger partial charge in [0.1, 0.15) is 0 Å². The van der Waals surface area contributed by atoms with Crippen LogP contribution < -0.4 is 0 Å². The average molecular weight is 323 g/mol. The van der Waals surface area contributed by atoms with E-state index in [0.717, 1.165) is 16.6 Å². The molecule has 0 radical (unpaired) electrons. The van der Waals surface area contributed by atoms with Crippen LogP contribution in [-0.2, 0) is 13.1 Å². The Hall–Kier alpha value is -2.39. The summed E-state index contributed by atoms with van der Waals surface area (Å²) in [5.74, 6) is -0.0215. The van der Waals surface area contributed by atoms with Crippen LogP contribution in [0, 0.1) is 6.92 Å². The monoisotopic (exact) mass is 322 g/mol. The number of fused-ring (bicyclic) bond motifs is 2. The van der Waals surface area contributed by atoms with E-state index < -0.39 is 0 Å². The van der Waals surface area contributed by atoms with Crippen LogP contribution in [0.2, 0.25) is 5.02 Å². The van der Waals surface area contributed by atoms with E-state index in [2.05, 4.69) is 17.1 Å². The van der Waals surface area contributed by atoms with Crippen LogP contribution >= 0.6 is 11.6 Å². The van der Waals surface area contributed by atoms with Gasteiger partial charge in [-0.1, -0.05) is 41.9 Å². The molecule has 0 saturated heterocycles. The van der Waals surface area contributed by atoms with Gasteiger partial charge in [-0.3, -0.25) is 9.78 Å². The number of nitrogens with zero attached hydrogens (tertiary/aromatic N) is 2. The van der Waals surface area contributed by atoms with E-state index in [1.54, 1.807) is 6.07 Å². The first kappa shape index (κ1) is 14.2. The number of hydrogen-bond donors (Lipinski definition) is 0. The first-order valence-electron chi connectivity index (χ1n) is 7.55. The number of halogens is 1. The highest BCUT2D eigenvalue weighted by Gasteiger charge is 2.25. The molecule has 0 N–H and O–H groups in total. The van der Waals surface area contributed by atoms with E-state index in [4.69, 9.17) is 11.6 Å². The van der Waals surface area contributed by atoms with Crippen molar-refractivity contribution in [1.29, 1.82) is 0 Å². The molecule has 0 aliphatic carbocycles. The minimum atomic E-state index is -0.0215. The topological polar surface area (TPSA) is 33.2 Å². The molecule has 4 rings (SSSR count). The van der Waals surface area contributed by atoms with Crippen molar-refractivity contribution in [2.24, 2.45) is 0 Å². The summed E-state index contributed by atoms with van der Waals surface area (Å²) in [7, 11) is 0. The summed E-state index contributed by atoms with van der Waals surface area (Å²) < 4.78 is 0. The largest absolute Gasteiger partial charge is 0.330 e. The minimum Gasteiger partial charge on any atom is -0.330 e. The maximum atomic E-state index is 13.0. The number of amides is 1. The van der Waals surface area contributed by atoms with Gasteiger partial charge in [0.25, 0.3) is 5.91 Å². The zero-order valence-corrected chi connectivity index (χ0v) is 13.5. The molecule has 4 heteroatoms. The molecule has 2 aromatic carbocycles. The predicted molar refractivity (Wildman–Crippen MR) is 91.5 cm³/mol. The summed E-state index contributed by atoms with van der Waals surface area (Å²) in [6.07, 6.45) is 0. The molecular formula is C19H15ClN2O. The number of hydrogen-bond acceptors (Lipinski definition) is 2. The van der Waals surface area contributed by atoms with E-state index in [9.17, 15) is 4.79 Å². The maximum Gasteiger partial charge on any atom is 0.256 e. The van der Waals surface area contributed by atoms with E-state index >= 15 is 0 Å². The van der Waals surface area contributed by atoms with E-state index in [1.807, 2.05) is 42.2 Å². The molecule has 0 spiro atoms. The number of carbonyl (C=O) groups excluding carboxylic acids is 1. The quantitative estimate of drug-likeness (QED) is 0.667. The second kappa shape index (κ2) is 5.36. The third-order valence-corrected chi connectivity index (χ3v) is 4.47. The van der Waals surface area contributed by atoms with Gasteiger partial charge in [0.2, 0.25) is 0 Å². The fraction of sp³-hybridized carbons (Fsp3) is 0.158. The minimum absolute atomic E-state index is 0.0215. The van der Waals surface area contributed by atoms with Gasteiger partial charge in [-0.05, 0) is 36.2 Å². The summed E-state index contributed by atoms with van der Waals surface area (Å²) >= 11 is 6.21. The fourth-order valence-electron chi connectivity index (χ4n) is 3.11. The van der Waals surface area contributed by atoms with Crippen LogP contribution in [0.4, 0.5) is 0 Å². The highest BCUT2D eigenvalue weighted by atomic mass is 35.5. The Labute approximate surface area is 139 Å². The average Bonchev–Trinajstić information content (AvgIpc) is 2.98. The molecule has 3 aromatic rings. The second-order valence-electron chi connectivity index (χ2n) is 5.91. The SMILES string of the molecule is Cc1ccc2cc(Cl)cc(C(=O)N3Cc4ccccc4C3)c2n1. The van der Waals surface area contributed by atoms with Crippen molar-refractivity contribution >= 4 is 28.4 Å². The van der Waals surface area contributed by atoms with Crippen LogP contribution in [0.25, 0.3) is 10.9 Å². The standard InChI is InChI=1S/C19H15ClN2O/c1-12-6-7-13-8-16(20)9-17(18(13)21-12)19(23)22-10-14-4-2-3-5-15(14)11-22/h2-9H,10-11H2,1H3. The molecule has 0 fully saturated rings. The lowest BCUT2D eigenvalue weighted by molar-refractivity contribution is 0.0753. The van der Waals surface area contributed by atoms with Crippen LogP contribution in [0.5, 0.6) is 0 Å². The van der Waals surface area contributed by atoms with Gasteiger partial charge in [-0.2, -0.15) is 0 Å². The number of aryl methyl sites for hydroxylation is 1. The Morgan fingerprint density at radius 3 is 2.48 bits per heavy atom. The molecule has 23 heavy (non-hydrogen) atoms. The van der Waals surface area contributed by atoms with Crippen molar-refractivity contribution in [3.8, 4) is 0 Å². The molecule has 0 saturated carbocycles. The summed E-state index contributed by atoms with van der Waals surface area (Å²) in [4.78, 5) is 19.4. The predicted octanol–water partition coefficient (Wildman–Crippen LogP) is 4.35. The first-order chi connectivity index (χ1) is 11.1. The second-order valence-corrected chi connectivity index (χ2v) is 6.34. The van der Waals surface area contributed by atoms with Gasteiger partial charge in [0, 0.05) is 29.2 Å². The summed E-state index contributed by atoms with van der Waals surface area (Å²) in [5, 5.41) is 1.45. The van der Waals surface area contributed by atoms with Crippen LogP contribution in [0.1, 0.15) is 27.2 Å². The third-order valence-electron chi connectivity index (χ3n) is 4.25. The Balaban J connectivity index is 1.78. The zero-order valence-electron chi connectivity index (χ0n) is 12.7. The maximum absolute atomic E-state index is 13.0. The van der Waals surface area contributed by atoms with Gasteiger partial charge >= 0.3 is 0 Å². The van der Waals surface area contributed by atoms with Crippen LogP contribution in [0.15, 0.2) is 48.5 Å². The van der Waals surface area contributed by atoms with E-state index in [0.29, 0.717) is 23.7 Å². The number of benzene rings is 2. The van der Waals surface area contributed by atoms with Crippen LogP contribution in [0.3, 0.4) is 0 Å². The van der Waals surface area contributed by atoms with Crippen molar-refractivity contribution in [1.82, 2.24) is 9.88 Å². The van der Waals surface area contributed by atoms with Crippen molar-refractivity contribution in [3.05, 3.63) is 75.9 Å². The van der Waals surface area contributed by atoms with Crippen LogP contribution in [-0.4, -0.2) is 15.8 Å². The fourth-order valence-corrected chi connectivity index (χ4v) is 3.33. The molecule has 1 aliphatic heterocycles.